The third kappa shape index (κ3) is 10.3. The van der Waals surface area contributed by atoms with Crippen molar-refractivity contribution in [3.8, 4) is 0 Å². The molecule has 0 spiro atoms. The van der Waals surface area contributed by atoms with Crippen LogP contribution in [0.2, 0.25) is 0 Å². The van der Waals surface area contributed by atoms with Gasteiger partial charge in [-0.15, -0.1) is 0 Å². The third-order valence-corrected chi connectivity index (χ3v) is 2.99. The maximum Gasteiger partial charge on any atom is 0.306 e. The van der Waals surface area contributed by atoms with Gasteiger partial charge in [-0.2, -0.15) is 0 Å². The molecule has 17 heavy (non-hydrogen) atoms. The van der Waals surface area contributed by atoms with Crippen LogP contribution in [-0.2, 0) is 9.53 Å². The third-order valence-electron chi connectivity index (χ3n) is 2.99. The average Bonchev–Trinajstić information content (AvgIpc) is 2.24. The van der Waals surface area contributed by atoms with Gasteiger partial charge in [-0.25, -0.2) is 0 Å². The van der Waals surface area contributed by atoms with E-state index in [2.05, 4.69) is 13.8 Å². The topological polar surface area (TPSA) is 26.3 Å². The van der Waals surface area contributed by atoms with Crippen LogP contribution >= 0.6 is 0 Å². The predicted molar refractivity (Wildman–Crippen MR) is 73.0 cm³/mol. The number of carbonyl (C=O) groups is 1. The van der Waals surface area contributed by atoms with Crippen molar-refractivity contribution in [1.29, 1.82) is 0 Å². The number of hydrogen-bond acceptors (Lipinski definition) is 2. The second-order valence-electron chi connectivity index (χ2n) is 5.40. The lowest BCUT2D eigenvalue weighted by Gasteiger charge is -2.15. The zero-order valence-corrected chi connectivity index (χ0v) is 12.1. The van der Waals surface area contributed by atoms with Gasteiger partial charge in [-0.3, -0.25) is 4.79 Å². The zero-order chi connectivity index (χ0) is 13.1. The van der Waals surface area contributed by atoms with Crippen LogP contribution in [0.15, 0.2) is 0 Å². The molecule has 0 heterocycles. The van der Waals surface area contributed by atoms with Gasteiger partial charge in [0.25, 0.3) is 0 Å². The summed E-state index contributed by atoms with van der Waals surface area (Å²) in [5, 5.41) is 0. The van der Waals surface area contributed by atoms with Crippen molar-refractivity contribution in [3.05, 3.63) is 0 Å². The molecule has 0 bridgehead atoms. The van der Waals surface area contributed by atoms with E-state index >= 15 is 0 Å². The molecule has 0 radical (unpaired) electrons. The normalized spacial score (nSPS) is 11.2. The van der Waals surface area contributed by atoms with Crippen LogP contribution in [0, 0.1) is 11.8 Å². The molecule has 0 rings (SSSR count). The molecule has 0 saturated carbocycles. The van der Waals surface area contributed by atoms with Gasteiger partial charge in [-0.05, 0) is 24.7 Å². The van der Waals surface area contributed by atoms with Crippen LogP contribution < -0.4 is 0 Å². The number of esters is 1. The van der Waals surface area contributed by atoms with Gasteiger partial charge in [0.2, 0.25) is 0 Å². The first-order valence-electron chi connectivity index (χ1n) is 7.25. The Bertz CT molecular complexity index is 181. The summed E-state index contributed by atoms with van der Waals surface area (Å²) in [5.74, 6) is 1.19. The average molecular weight is 242 g/mol. The highest BCUT2D eigenvalue weighted by atomic mass is 16.5. The predicted octanol–water partition coefficient (Wildman–Crippen LogP) is 4.57. The molecule has 0 atom stereocenters. The molecule has 2 nitrogen and oxygen atoms in total. The fourth-order valence-corrected chi connectivity index (χ4v) is 2.20. The molecule has 102 valence electrons. The largest absolute Gasteiger partial charge is 0.466 e. The van der Waals surface area contributed by atoms with Crippen molar-refractivity contribution in [1.82, 2.24) is 0 Å². The zero-order valence-electron chi connectivity index (χ0n) is 12.1. The summed E-state index contributed by atoms with van der Waals surface area (Å²) in [4.78, 5) is 11.3. The number of rotatable bonds is 10. The summed E-state index contributed by atoms with van der Waals surface area (Å²) in [6.45, 7) is 9.17. The molecular formula is C15H30O2. The summed E-state index contributed by atoms with van der Waals surface area (Å²) < 4.78 is 5.22. The first-order chi connectivity index (χ1) is 8.10. The molecule has 2 heteroatoms. The molecule has 0 aromatic carbocycles. The summed E-state index contributed by atoms with van der Waals surface area (Å²) in [7, 11) is 0. The van der Waals surface area contributed by atoms with Crippen molar-refractivity contribution in [3.63, 3.8) is 0 Å². The van der Waals surface area contributed by atoms with E-state index < -0.39 is 0 Å². The van der Waals surface area contributed by atoms with E-state index in [9.17, 15) is 4.79 Å². The maximum atomic E-state index is 11.3. The minimum absolute atomic E-state index is 0.0393. The Morgan fingerprint density at radius 1 is 1.06 bits per heavy atom. The van der Waals surface area contributed by atoms with Crippen LogP contribution in [0.3, 0.4) is 0 Å². The molecule has 0 aliphatic carbocycles. The lowest BCUT2D eigenvalue weighted by atomic mass is 9.93. The van der Waals surface area contributed by atoms with Crippen molar-refractivity contribution in [2.24, 2.45) is 11.8 Å². The molecule has 0 aromatic heterocycles. The Labute approximate surface area is 107 Å². The summed E-state index contributed by atoms with van der Waals surface area (Å²) >= 11 is 0. The molecule has 0 fully saturated rings. The van der Waals surface area contributed by atoms with Crippen LogP contribution in [0.5, 0.6) is 0 Å². The highest BCUT2D eigenvalue weighted by Crippen LogP contribution is 2.19. The van der Waals surface area contributed by atoms with Gasteiger partial charge in [0, 0.05) is 6.42 Å². The number of ether oxygens (including phenoxy) is 1. The molecule has 0 aromatic rings. The maximum absolute atomic E-state index is 11.3. The van der Waals surface area contributed by atoms with Gasteiger partial charge in [-0.1, -0.05) is 53.4 Å². The molecule has 0 N–H and O–H groups in total. The van der Waals surface area contributed by atoms with E-state index in [4.69, 9.17) is 4.74 Å². The molecule has 0 aliphatic heterocycles. The van der Waals surface area contributed by atoms with E-state index in [0.29, 0.717) is 18.9 Å². The standard InChI is InChI=1S/C15H30O2/c1-5-8-14(9-6-2)10-7-11-17-15(16)12-13(3)4/h13-14H,5-12H2,1-4H3. The summed E-state index contributed by atoms with van der Waals surface area (Å²) in [5.41, 5.74) is 0. The molecule has 0 saturated heterocycles. The summed E-state index contributed by atoms with van der Waals surface area (Å²) in [6, 6.07) is 0. The van der Waals surface area contributed by atoms with Crippen molar-refractivity contribution >= 4 is 5.97 Å². The minimum Gasteiger partial charge on any atom is -0.466 e. The Hall–Kier alpha value is -0.530. The fourth-order valence-electron chi connectivity index (χ4n) is 2.20. The van der Waals surface area contributed by atoms with Crippen molar-refractivity contribution in [2.75, 3.05) is 6.61 Å². The Morgan fingerprint density at radius 3 is 2.12 bits per heavy atom. The van der Waals surface area contributed by atoms with Crippen molar-refractivity contribution in [2.45, 2.75) is 72.6 Å². The van der Waals surface area contributed by atoms with E-state index in [1.54, 1.807) is 0 Å². The van der Waals surface area contributed by atoms with Gasteiger partial charge in [0.15, 0.2) is 0 Å². The lowest BCUT2D eigenvalue weighted by Crippen LogP contribution is -2.10. The number of hydrogen-bond donors (Lipinski definition) is 0. The van der Waals surface area contributed by atoms with E-state index in [-0.39, 0.29) is 5.97 Å². The first-order valence-corrected chi connectivity index (χ1v) is 7.25. The second-order valence-corrected chi connectivity index (χ2v) is 5.40. The first kappa shape index (κ1) is 16.5. The smallest absolute Gasteiger partial charge is 0.306 e. The van der Waals surface area contributed by atoms with Crippen LogP contribution in [0.1, 0.15) is 72.6 Å². The molecule has 0 unspecified atom stereocenters. The highest BCUT2D eigenvalue weighted by Gasteiger charge is 2.08. The Kier molecular flexibility index (Phi) is 10.3. The van der Waals surface area contributed by atoms with Gasteiger partial charge in [0.05, 0.1) is 6.61 Å². The minimum atomic E-state index is -0.0393. The van der Waals surface area contributed by atoms with E-state index in [1.165, 1.54) is 32.1 Å². The highest BCUT2D eigenvalue weighted by molar-refractivity contribution is 5.69. The van der Waals surface area contributed by atoms with Crippen molar-refractivity contribution < 1.29 is 9.53 Å². The number of carbonyl (C=O) groups excluding carboxylic acids is 1. The quantitative estimate of drug-likeness (QED) is 0.414. The monoisotopic (exact) mass is 242 g/mol. The van der Waals surface area contributed by atoms with Crippen LogP contribution in [0.25, 0.3) is 0 Å². The van der Waals surface area contributed by atoms with Crippen LogP contribution in [0.4, 0.5) is 0 Å². The fraction of sp³-hybridized carbons (Fsp3) is 0.933. The van der Waals surface area contributed by atoms with E-state index in [1.807, 2.05) is 13.8 Å². The second kappa shape index (κ2) is 10.6. The van der Waals surface area contributed by atoms with Gasteiger partial charge < -0.3 is 4.74 Å². The molecule has 0 amide bonds. The van der Waals surface area contributed by atoms with Gasteiger partial charge in [0.1, 0.15) is 0 Å². The van der Waals surface area contributed by atoms with E-state index in [0.717, 1.165) is 12.3 Å². The van der Waals surface area contributed by atoms with Gasteiger partial charge >= 0.3 is 5.97 Å². The van der Waals surface area contributed by atoms with Crippen LogP contribution in [-0.4, -0.2) is 12.6 Å². The molecule has 0 aliphatic rings. The summed E-state index contributed by atoms with van der Waals surface area (Å²) in [6.07, 6.45) is 7.93. The lowest BCUT2D eigenvalue weighted by molar-refractivity contribution is -0.144. The Balaban J connectivity index is 3.56. The Morgan fingerprint density at radius 2 is 1.65 bits per heavy atom. The SMILES string of the molecule is CCCC(CCC)CCCOC(=O)CC(C)C. The molecular weight excluding hydrogens is 212 g/mol.